The molecule has 1 aliphatic heterocycles. The molecule has 2 aromatic carbocycles. The largest absolute Gasteiger partial charge is 0.482 e. The lowest BCUT2D eigenvalue weighted by Crippen LogP contribution is -2.38. The number of hydrogen-bond acceptors (Lipinski definition) is 4. The Morgan fingerprint density at radius 2 is 1.89 bits per heavy atom. The number of aryl methyl sites for hydroxylation is 1. The summed E-state index contributed by atoms with van der Waals surface area (Å²) in [6.45, 7) is 7.86. The van der Waals surface area contributed by atoms with Gasteiger partial charge in [0.1, 0.15) is 11.4 Å². The SMILES string of the molecule is Cc1ccc(CN2C(=O)COc3ccc(NC(=O)OC(C)(C)C)cc32)cc1. The van der Waals surface area contributed by atoms with Gasteiger partial charge in [-0.3, -0.25) is 10.1 Å². The van der Waals surface area contributed by atoms with Crippen molar-refractivity contribution in [3.63, 3.8) is 0 Å². The van der Waals surface area contributed by atoms with Crippen molar-refractivity contribution in [3.8, 4) is 5.75 Å². The number of fused-ring (bicyclic) bond motifs is 1. The number of rotatable bonds is 3. The minimum Gasteiger partial charge on any atom is -0.482 e. The van der Waals surface area contributed by atoms with Gasteiger partial charge >= 0.3 is 6.09 Å². The molecule has 3 rings (SSSR count). The molecule has 0 saturated heterocycles. The van der Waals surface area contributed by atoms with Gasteiger partial charge in [-0.05, 0) is 51.5 Å². The fourth-order valence-corrected chi connectivity index (χ4v) is 2.75. The van der Waals surface area contributed by atoms with Gasteiger partial charge in [0.05, 0.1) is 12.2 Å². The topological polar surface area (TPSA) is 67.9 Å². The molecule has 0 spiro atoms. The van der Waals surface area contributed by atoms with E-state index in [-0.39, 0.29) is 12.5 Å². The van der Waals surface area contributed by atoms with E-state index in [9.17, 15) is 9.59 Å². The van der Waals surface area contributed by atoms with Crippen molar-refractivity contribution in [1.82, 2.24) is 0 Å². The second-order valence-corrected chi connectivity index (χ2v) is 7.56. The Kier molecular flexibility index (Phi) is 5.08. The third-order valence-electron chi connectivity index (χ3n) is 4.01. The number of amides is 2. The van der Waals surface area contributed by atoms with Crippen LogP contribution in [0.4, 0.5) is 16.2 Å². The van der Waals surface area contributed by atoms with Crippen molar-refractivity contribution < 1.29 is 19.1 Å². The first-order valence-electron chi connectivity index (χ1n) is 8.84. The number of benzene rings is 2. The van der Waals surface area contributed by atoms with Crippen LogP contribution in [0.25, 0.3) is 0 Å². The molecule has 0 fully saturated rings. The van der Waals surface area contributed by atoms with Gasteiger partial charge in [-0.25, -0.2) is 4.79 Å². The van der Waals surface area contributed by atoms with Gasteiger partial charge in [-0.15, -0.1) is 0 Å². The van der Waals surface area contributed by atoms with Crippen molar-refractivity contribution in [2.24, 2.45) is 0 Å². The summed E-state index contributed by atoms with van der Waals surface area (Å²) in [6.07, 6.45) is -0.546. The quantitative estimate of drug-likeness (QED) is 0.879. The van der Waals surface area contributed by atoms with Crippen LogP contribution < -0.4 is 15.0 Å². The molecular weight excluding hydrogens is 344 g/mol. The second-order valence-electron chi connectivity index (χ2n) is 7.56. The van der Waals surface area contributed by atoms with Gasteiger partial charge in [0.25, 0.3) is 5.91 Å². The molecule has 1 aliphatic rings. The summed E-state index contributed by atoms with van der Waals surface area (Å²) < 4.78 is 10.8. The number of carbonyl (C=O) groups is 2. The average molecular weight is 368 g/mol. The highest BCUT2D eigenvalue weighted by Gasteiger charge is 2.26. The monoisotopic (exact) mass is 368 g/mol. The van der Waals surface area contributed by atoms with Gasteiger partial charge in [0, 0.05) is 5.69 Å². The molecule has 6 nitrogen and oxygen atoms in total. The van der Waals surface area contributed by atoms with Crippen molar-refractivity contribution in [3.05, 3.63) is 53.6 Å². The van der Waals surface area contributed by atoms with Gasteiger partial charge in [0.15, 0.2) is 6.61 Å². The third kappa shape index (κ3) is 4.78. The Labute approximate surface area is 159 Å². The molecule has 6 heteroatoms. The van der Waals surface area contributed by atoms with E-state index in [2.05, 4.69) is 5.32 Å². The average Bonchev–Trinajstić information content (AvgIpc) is 2.57. The van der Waals surface area contributed by atoms with E-state index in [4.69, 9.17) is 9.47 Å². The maximum Gasteiger partial charge on any atom is 0.412 e. The molecule has 0 saturated carbocycles. The van der Waals surface area contributed by atoms with Crippen LogP contribution in [0, 0.1) is 6.92 Å². The van der Waals surface area contributed by atoms with E-state index in [1.807, 2.05) is 31.2 Å². The molecule has 0 bridgehead atoms. The summed E-state index contributed by atoms with van der Waals surface area (Å²) in [6, 6.07) is 13.2. The van der Waals surface area contributed by atoms with E-state index in [1.165, 1.54) is 0 Å². The highest BCUT2D eigenvalue weighted by molar-refractivity contribution is 5.99. The van der Waals surface area contributed by atoms with Gasteiger partial charge in [-0.1, -0.05) is 29.8 Å². The number of nitrogens with zero attached hydrogens (tertiary/aromatic N) is 1. The number of nitrogens with one attached hydrogen (secondary N) is 1. The molecule has 0 unspecified atom stereocenters. The first-order chi connectivity index (χ1) is 12.7. The molecular formula is C21H24N2O4. The van der Waals surface area contributed by atoms with E-state index in [0.29, 0.717) is 23.7 Å². The van der Waals surface area contributed by atoms with E-state index >= 15 is 0 Å². The van der Waals surface area contributed by atoms with Crippen LogP contribution in [0.1, 0.15) is 31.9 Å². The van der Waals surface area contributed by atoms with Gasteiger partial charge < -0.3 is 14.4 Å². The maximum absolute atomic E-state index is 12.4. The molecule has 0 aromatic heterocycles. The Morgan fingerprint density at radius 1 is 1.19 bits per heavy atom. The van der Waals surface area contributed by atoms with Crippen LogP contribution in [0.3, 0.4) is 0 Å². The van der Waals surface area contributed by atoms with E-state index < -0.39 is 11.7 Å². The number of anilines is 2. The summed E-state index contributed by atoms with van der Waals surface area (Å²) in [5.41, 5.74) is 2.76. The van der Waals surface area contributed by atoms with Gasteiger partial charge in [-0.2, -0.15) is 0 Å². The lowest BCUT2D eigenvalue weighted by atomic mass is 10.1. The highest BCUT2D eigenvalue weighted by atomic mass is 16.6. The molecule has 27 heavy (non-hydrogen) atoms. The standard InChI is InChI=1S/C21H24N2O4/c1-14-5-7-15(8-6-14)12-23-17-11-16(22-20(25)27-21(2,3)4)9-10-18(17)26-13-19(23)24/h5-11H,12-13H2,1-4H3,(H,22,25). The number of carbonyl (C=O) groups excluding carboxylic acids is 2. The first kappa shape index (κ1) is 18.8. The predicted octanol–water partition coefficient (Wildman–Crippen LogP) is 4.27. The fourth-order valence-electron chi connectivity index (χ4n) is 2.75. The van der Waals surface area contributed by atoms with Crippen molar-refractivity contribution in [1.29, 1.82) is 0 Å². The molecule has 2 aromatic rings. The Balaban J connectivity index is 1.83. The maximum atomic E-state index is 12.4. The second kappa shape index (κ2) is 7.31. The fraction of sp³-hybridized carbons (Fsp3) is 0.333. The zero-order valence-corrected chi connectivity index (χ0v) is 16.0. The summed E-state index contributed by atoms with van der Waals surface area (Å²) >= 11 is 0. The molecule has 1 heterocycles. The predicted molar refractivity (Wildman–Crippen MR) is 104 cm³/mol. The normalized spacial score (nSPS) is 13.6. The van der Waals surface area contributed by atoms with E-state index in [1.54, 1.807) is 43.9 Å². The zero-order valence-electron chi connectivity index (χ0n) is 16.0. The molecule has 142 valence electrons. The molecule has 2 amide bonds. The van der Waals surface area contributed by atoms with Crippen LogP contribution in [0.2, 0.25) is 0 Å². The zero-order chi connectivity index (χ0) is 19.6. The van der Waals surface area contributed by atoms with Gasteiger partial charge in [0.2, 0.25) is 0 Å². The van der Waals surface area contributed by atoms with Crippen LogP contribution in [-0.4, -0.2) is 24.2 Å². The molecule has 0 atom stereocenters. The highest BCUT2D eigenvalue weighted by Crippen LogP contribution is 2.35. The van der Waals surface area contributed by atoms with Crippen LogP contribution in [0.15, 0.2) is 42.5 Å². The van der Waals surface area contributed by atoms with Crippen molar-refractivity contribution in [2.75, 3.05) is 16.8 Å². The molecule has 1 N–H and O–H groups in total. The van der Waals surface area contributed by atoms with Crippen molar-refractivity contribution >= 4 is 23.4 Å². The minimum absolute atomic E-state index is 0.00228. The third-order valence-corrected chi connectivity index (χ3v) is 4.01. The summed E-state index contributed by atoms with van der Waals surface area (Å²) in [4.78, 5) is 26.1. The Morgan fingerprint density at radius 3 is 2.56 bits per heavy atom. The summed E-state index contributed by atoms with van der Waals surface area (Å²) in [5.74, 6) is 0.481. The lowest BCUT2D eigenvalue weighted by molar-refractivity contribution is -0.121. The lowest BCUT2D eigenvalue weighted by Gasteiger charge is -2.30. The van der Waals surface area contributed by atoms with Crippen LogP contribution in [-0.2, 0) is 16.1 Å². The van der Waals surface area contributed by atoms with Crippen LogP contribution >= 0.6 is 0 Å². The number of hydrogen-bond donors (Lipinski definition) is 1. The first-order valence-corrected chi connectivity index (χ1v) is 8.84. The van der Waals surface area contributed by atoms with Crippen molar-refractivity contribution in [2.45, 2.75) is 39.8 Å². The van der Waals surface area contributed by atoms with E-state index in [0.717, 1.165) is 11.1 Å². The molecule has 0 radical (unpaired) electrons. The summed E-state index contributed by atoms with van der Waals surface area (Å²) in [7, 11) is 0. The Hall–Kier alpha value is -3.02. The number of ether oxygens (including phenoxy) is 2. The Bertz CT molecular complexity index is 853. The smallest absolute Gasteiger partial charge is 0.412 e. The summed E-state index contributed by atoms with van der Waals surface area (Å²) in [5, 5.41) is 2.70. The molecule has 0 aliphatic carbocycles. The minimum atomic E-state index is -0.588. The van der Waals surface area contributed by atoms with Crippen LogP contribution in [0.5, 0.6) is 5.75 Å².